The van der Waals surface area contributed by atoms with E-state index in [4.69, 9.17) is 22.3 Å². The lowest BCUT2D eigenvalue weighted by Gasteiger charge is -2.26. The van der Waals surface area contributed by atoms with E-state index >= 15 is 0 Å². The molecule has 0 aliphatic carbocycles. The largest absolute Gasteiger partial charge is 0.370 e. The van der Waals surface area contributed by atoms with E-state index in [1.165, 1.54) is 22.3 Å². The zero-order valence-corrected chi connectivity index (χ0v) is 20.4. The Bertz CT molecular complexity index is 1360. The molecule has 2 aliphatic heterocycles. The molecule has 0 radical (unpaired) electrons. The molecule has 5 rings (SSSR count). The topological polar surface area (TPSA) is 137 Å². The van der Waals surface area contributed by atoms with Gasteiger partial charge in [0, 0.05) is 31.7 Å². The summed E-state index contributed by atoms with van der Waals surface area (Å²) in [6.07, 6.45) is 8.00. The fraction of sp³-hybridized carbons (Fsp3) is 0.259. The average molecular weight is 482 g/mol. The van der Waals surface area contributed by atoms with Crippen molar-refractivity contribution in [1.29, 1.82) is 10.8 Å². The summed E-state index contributed by atoms with van der Waals surface area (Å²) in [5.41, 5.74) is 20.1. The van der Waals surface area contributed by atoms with Crippen molar-refractivity contribution >= 4 is 23.1 Å². The number of hydrogen-bond donors (Lipinski definition) is 4. The number of aromatic nitrogens is 3. The molecule has 0 saturated heterocycles. The van der Waals surface area contributed by atoms with Gasteiger partial charge >= 0.3 is 0 Å². The van der Waals surface area contributed by atoms with Crippen molar-refractivity contribution in [3.05, 3.63) is 77.5 Å². The van der Waals surface area contributed by atoms with Crippen LogP contribution in [0.4, 0.5) is 0 Å². The Hall–Kier alpha value is -4.40. The van der Waals surface area contributed by atoms with Gasteiger partial charge in [-0.05, 0) is 59.7 Å². The van der Waals surface area contributed by atoms with Crippen molar-refractivity contribution in [3.63, 3.8) is 0 Å². The first-order valence-electron chi connectivity index (χ1n) is 12.1. The lowest BCUT2D eigenvalue weighted by atomic mass is 9.95. The van der Waals surface area contributed by atoms with E-state index in [0.717, 1.165) is 48.4 Å². The molecular weight excluding hydrogens is 450 g/mol. The standard InChI is InChI=1S/C27H31N9/c1-18-16-22(21-10-14-35(15-11-21)27(30)31)4-7-24(18)25-17-36(33-32-25)23-5-2-19(3-6-23)20-8-12-34(13-9-20)26(28)29/h2-8,10,16-17H,9,11-15H2,1H3,(H3,28,29)(H3,30,31). The Labute approximate surface area is 210 Å². The minimum absolute atomic E-state index is 0.125. The number of benzene rings is 2. The van der Waals surface area contributed by atoms with Gasteiger partial charge in [-0.3, -0.25) is 10.8 Å². The van der Waals surface area contributed by atoms with Crippen LogP contribution in [0.3, 0.4) is 0 Å². The molecule has 3 heterocycles. The van der Waals surface area contributed by atoms with Gasteiger partial charge in [-0.15, -0.1) is 5.10 Å². The van der Waals surface area contributed by atoms with Gasteiger partial charge in [0.25, 0.3) is 0 Å². The Balaban J connectivity index is 1.30. The molecule has 6 N–H and O–H groups in total. The lowest BCUT2D eigenvalue weighted by molar-refractivity contribution is 0.451. The highest BCUT2D eigenvalue weighted by atomic mass is 15.4. The summed E-state index contributed by atoms with van der Waals surface area (Å²) in [5.74, 6) is 0.251. The fourth-order valence-electron chi connectivity index (χ4n) is 4.79. The second-order valence-corrected chi connectivity index (χ2v) is 9.25. The molecule has 0 bridgehead atoms. The minimum atomic E-state index is 0.125. The number of nitrogens with one attached hydrogen (secondary N) is 2. The molecule has 36 heavy (non-hydrogen) atoms. The Kier molecular flexibility index (Phi) is 6.28. The third-order valence-corrected chi connectivity index (χ3v) is 6.97. The van der Waals surface area contributed by atoms with Gasteiger partial charge < -0.3 is 21.3 Å². The fourth-order valence-corrected chi connectivity index (χ4v) is 4.79. The van der Waals surface area contributed by atoms with Crippen molar-refractivity contribution < 1.29 is 0 Å². The molecule has 1 aromatic heterocycles. The molecule has 0 unspecified atom stereocenters. The van der Waals surface area contributed by atoms with E-state index in [2.05, 4.69) is 71.9 Å². The van der Waals surface area contributed by atoms with Crippen LogP contribution in [-0.4, -0.2) is 62.9 Å². The molecule has 2 aliphatic rings. The highest BCUT2D eigenvalue weighted by Gasteiger charge is 2.16. The molecule has 0 spiro atoms. The first-order chi connectivity index (χ1) is 17.4. The van der Waals surface area contributed by atoms with Crippen molar-refractivity contribution in [2.24, 2.45) is 11.5 Å². The summed E-state index contributed by atoms with van der Waals surface area (Å²) in [7, 11) is 0. The smallest absolute Gasteiger partial charge is 0.188 e. The number of rotatable bonds is 4. The summed E-state index contributed by atoms with van der Waals surface area (Å²) >= 11 is 0. The summed E-state index contributed by atoms with van der Waals surface area (Å²) in [6.45, 7) is 4.98. The van der Waals surface area contributed by atoms with Gasteiger partial charge in [0.1, 0.15) is 5.69 Å². The maximum atomic E-state index is 7.60. The number of aryl methyl sites for hydroxylation is 1. The summed E-state index contributed by atoms with van der Waals surface area (Å²) < 4.78 is 1.80. The first kappa shape index (κ1) is 23.3. The third-order valence-electron chi connectivity index (χ3n) is 6.97. The highest BCUT2D eigenvalue weighted by Crippen LogP contribution is 2.29. The summed E-state index contributed by atoms with van der Waals surface area (Å²) in [4.78, 5) is 3.72. The summed E-state index contributed by atoms with van der Waals surface area (Å²) in [6, 6.07) is 14.8. The molecule has 3 aromatic rings. The Morgan fingerprint density at radius 2 is 1.42 bits per heavy atom. The molecule has 0 amide bonds. The Morgan fingerprint density at radius 3 is 1.94 bits per heavy atom. The second kappa shape index (κ2) is 9.69. The molecule has 0 atom stereocenters. The van der Waals surface area contributed by atoms with Crippen LogP contribution in [-0.2, 0) is 0 Å². The van der Waals surface area contributed by atoms with Crippen LogP contribution in [0.25, 0.3) is 28.1 Å². The molecule has 0 saturated carbocycles. The Morgan fingerprint density at radius 1 is 0.833 bits per heavy atom. The molecule has 184 valence electrons. The minimum Gasteiger partial charge on any atom is -0.370 e. The zero-order valence-electron chi connectivity index (χ0n) is 20.4. The van der Waals surface area contributed by atoms with Gasteiger partial charge in [0.2, 0.25) is 0 Å². The SMILES string of the molecule is Cc1cc(C2=CCN(C(=N)N)CC2)ccc1-c1cn(-c2ccc(C3=CCN(C(=N)N)CC3)cc2)nn1. The number of guanidine groups is 2. The van der Waals surface area contributed by atoms with E-state index in [1.807, 2.05) is 16.0 Å². The van der Waals surface area contributed by atoms with E-state index in [1.54, 1.807) is 4.68 Å². The van der Waals surface area contributed by atoms with Crippen LogP contribution >= 0.6 is 0 Å². The second-order valence-electron chi connectivity index (χ2n) is 9.25. The number of nitrogens with two attached hydrogens (primary N) is 2. The van der Waals surface area contributed by atoms with Crippen LogP contribution in [0.15, 0.2) is 60.8 Å². The van der Waals surface area contributed by atoms with Crippen LogP contribution in [0, 0.1) is 17.7 Å². The first-order valence-corrected chi connectivity index (χ1v) is 12.1. The zero-order chi connectivity index (χ0) is 25.2. The predicted molar refractivity (Wildman–Crippen MR) is 144 cm³/mol. The molecule has 0 fully saturated rings. The van der Waals surface area contributed by atoms with Crippen LogP contribution < -0.4 is 11.5 Å². The van der Waals surface area contributed by atoms with Crippen LogP contribution in [0.5, 0.6) is 0 Å². The van der Waals surface area contributed by atoms with Crippen LogP contribution in [0.1, 0.15) is 29.5 Å². The van der Waals surface area contributed by atoms with Gasteiger partial charge in [0.05, 0.1) is 11.9 Å². The predicted octanol–water partition coefficient (Wildman–Crippen LogP) is 3.21. The van der Waals surface area contributed by atoms with Gasteiger partial charge in [-0.2, -0.15) is 0 Å². The van der Waals surface area contributed by atoms with Gasteiger partial charge in [-0.1, -0.05) is 47.7 Å². The molecule has 2 aromatic carbocycles. The van der Waals surface area contributed by atoms with Crippen molar-refractivity contribution in [2.75, 3.05) is 26.2 Å². The van der Waals surface area contributed by atoms with Crippen molar-refractivity contribution in [1.82, 2.24) is 24.8 Å². The maximum absolute atomic E-state index is 7.60. The van der Waals surface area contributed by atoms with Crippen molar-refractivity contribution in [3.8, 4) is 16.9 Å². The average Bonchev–Trinajstić information content (AvgIpc) is 3.39. The third kappa shape index (κ3) is 4.72. The molecule has 9 nitrogen and oxygen atoms in total. The normalized spacial score (nSPS) is 15.9. The van der Waals surface area contributed by atoms with Crippen molar-refractivity contribution in [2.45, 2.75) is 19.8 Å². The molecular formula is C27H31N9. The van der Waals surface area contributed by atoms with E-state index in [9.17, 15) is 0 Å². The molecule has 9 heteroatoms. The number of nitrogens with zero attached hydrogens (tertiary/aromatic N) is 5. The number of hydrogen-bond acceptors (Lipinski definition) is 4. The van der Waals surface area contributed by atoms with Gasteiger partial charge in [0.15, 0.2) is 11.9 Å². The van der Waals surface area contributed by atoms with Gasteiger partial charge in [-0.25, -0.2) is 4.68 Å². The van der Waals surface area contributed by atoms with E-state index < -0.39 is 0 Å². The monoisotopic (exact) mass is 481 g/mol. The van der Waals surface area contributed by atoms with E-state index in [0.29, 0.717) is 13.1 Å². The summed E-state index contributed by atoms with van der Waals surface area (Å²) in [5, 5.41) is 24.0. The van der Waals surface area contributed by atoms with Crippen LogP contribution in [0.2, 0.25) is 0 Å². The highest BCUT2D eigenvalue weighted by molar-refractivity contribution is 5.78. The maximum Gasteiger partial charge on any atom is 0.188 e. The quantitative estimate of drug-likeness (QED) is 0.334. The lowest BCUT2D eigenvalue weighted by Crippen LogP contribution is -2.39. The van der Waals surface area contributed by atoms with E-state index in [-0.39, 0.29) is 11.9 Å².